The average molecular weight is 387 g/mol. The summed E-state index contributed by atoms with van der Waals surface area (Å²) in [5.41, 5.74) is -1.07. The van der Waals surface area contributed by atoms with Crippen molar-refractivity contribution in [2.24, 2.45) is 34.0 Å². The van der Waals surface area contributed by atoms with Crippen molar-refractivity contribution in [2.75, 3.05) is 6.54 Å². The second kappa shape index (κ2) is 4.25. The molecule has 0 amide bonds. The Kier molecular flexibility index (Phi) is 2.55. The first-order valence-electron chi connectivity index (χ1n) is 10.8. The smallest absolute Gasteiger partial charge is 0.302 e. The number of hydrogen-bond acceptors (Lipinski definition) is 6. The Hall–Kier alpha value is -0.950. The van der Waals surface area contributed by atoms with E-state index in [0.717, 1.165) is 25.0 Å². The fourth-order valence-corrected chi connectivity index (χ4v) is 11.0. The number of aliphatic hydroxyl groups is 3. The van der Waals surface area contributed by atoms with Gasteiger partial charge in [0.05, 0.1) is 12.2 Å². The Morgan fingerprint density at radius 2 is 2.00 bits per heavy atom. The molecular weight excluding hydrogens is 358 g/mol. The lowest BCUT2D eigenvalue weighted by Crippen LogP contribution is -2.76. The van der Waals surface area contributed by atoms with Gasteiger partial charge in [0.25, 0.3) is 0 Å². The Bertz CT molecular complexity index is 860. The molecule has 0 aromatic heterocycles. The van der Waals surface area contributed by atoms with E-state index in [0.29, 0.717) is 24.8 Å². The molecule has 6 saturated carbocycles. The van der Waals surface area contributed by atoms with E-state index in [2.05, 4.69) is 18.4 Å². The monoisotopic (exact) mass is 387 g/mol. The lowest BCUT2D eigenvalue weighted by Gasteiger charge is -2.67. The molecule has 3 saturated heterocycles. The maximum atomic E-state index is 12.2. The molecule has 0 radical (unpaired) electrons. The molecule has 152 valence electrons. The highest BCUT2D eigenvalue weighted by atomic mass is 16.5. The molecule has 1 unspecified atom stereocenters. The lowest BCUT2D eigenvalue weighted by atomic mass is 9.39. The number of esters is 1. The van der Waals surface area contributed by atoms with Crippen molar-refractivity contribution in [3.63, 3.8) is 0 Å². The van der Waals surface area contributed by atoms with Gasteiger partial charge in [0.1, 0.15) is 11.7 Å². The van der Waals surface area contributed by atoms with E-state index < -0.39 is 29.1 Å². The van der Waals surface area contributed by atoms with Crippen molar-refractivity contribution in [3.05, 3.63) is 12.2 Å². The van der Waals surface area contributed by atoms with E-state index >= 15 is 0 Å². The Morgan fingerprint density at radius 1 is 1.25 bits per heavy atom. The van der Waals surface area contributed by atoms with E-state index in [1.165, 1.54) is 6.92 Å². The quantitative estimate of drug-likeness (QED) is 0.447. The van der Waals surface area contributed by atoms with E-state index in [1.54, 1.807) is 0 Å². The predicted octanol–water partition coefficient (Wildman–Crippen LogP) is 0.450. The molecule has 9 fully saturated rings. The van der Waals surface area contributed by atoms with E-state index in [4.69, 9.17) is 4.74 Å². The van der Waals surface area contributed by atoms with Gasteiger partial charge in [0, 0.05) is 48.2 Å². The molecule has 2 spiro atoms. The zero-order valence-corrected chi connectivity index (χ0v) is 16.5. The Balaban J connectivity index is 1.49. The van der Waals surface area contributed by atoms with E-state index in [1.807, 2.05) is 0 Å². The summed E-state index contributed by atoms with van der Waals surface area (Å²) in [6.07, 6.45) is 1.27. The van der Waals surface area contributed by atoms with Crippen LogP contribution in [0.25, 0.3) is 0 Å². The van der Waals surface area contributed by atoms with Gasteiger partial charge in [-0.15, -0.1) is 0 Å². The average Bonchev–Trinajstić information content (AvgIpc) is 2.97. The van der Waals surface area contributed by atoms with Crippen LogP contribution in [-0.2, 0) is 9.53 Å². The summed E-state index contributed by atoms with van der Waals surface area (Å²) in [5.74, 6) is -0.379. The van der Waals surface area contributed by atoms with Gasteiger partial charge >= 0.3 is 5.97 Å². The third-order valence-electron chi connectivity index (χ3n) is 10.6. The van der Waals surface area contributed by atoms with Crippen molar-refractivity contribution >= 4 is 5.97 Å². The van der Waals surface area contributed by atoms with Crippen molar-refractivity contribution in [1.82, 2.24) is 4.90 Å². The summed E-state index contributed by atoms with van der Waals surface area (Å²) in [4.78, 5) is 14.3. The molecule has 0 aromatic carbocycles. The molecule has 6 heteroatoms. The van der Waals surface area contributed by atoms with Crippen LogP contribution < -0.4 is 0 Å². The van der Waals surface area contributed by atoms with Crippen LogP contribution in [0.15, 0.2) is 12.2 Å². The van der Waals surface area contributed by atoms with Gasteiger partial charge in [-0.05, 0) is 37.0 Å². The predicted molar refractivity (Wildman–Crippen MR) is 97.9 cm³/mol. The number of carbonyl (C=O) groups excluding carboxylic acids is 1. The zero-order chi connectivity index (χ0) is 19.6. The Labute approximate surface area is 164 Å². The Morgan fingerprint density at radius 3 is 2.71 bits per heavy atom. The van der Waals surface area contributed by atoms with Gasteiger partial charge < -0.3 is 20.1 Å². The minimum Gasteiger partial charge on any atom is -0.463 e. The first-order valence-corrected chi connectivity index (χ1v) is 10.8. The molecule has 28 heavy (non-hydrogen) atoms. The number of carbonyl (C=O) groups is 1. The number of nitrogens with zero attached hydrogens (tertiary/aromatic N) is 1. The fraction of sp³-hybridized carbons (Fsp3) is 0.864. The molecule has 3 aliphatic heterocycles. The highest BCUT2D eigenvalue weighted by molar-refractivity contribution is 5.66. The van der Waals surface area contributed by atoms with Crippen LogP contribution >= 0.6 is 0 Å². The van der Waals surface area contributed by atoms with Crippen molar-refractivity contribution in [1.29, 1.82) is 0 Å². The highest BCUT2D eigenvalue weighted by Crippen LogP contribution is 2.88. The fourth-order valence-electron chi connectivity index (χ4n) is 11.0. The number of piperidine rings is 2. The van der Waals surface area contributed by atoms with E-state index in [-0.39, 0.29) is 34.9 Å². The lowest BCUT2D eigenvalue weighted by molar-refractivity contribution is -0.280. The van der Waals surface area contributed by atoms with Crippen molar-refractivity contribution < 1.29 is 24.9 Å². The van der Waals surface area contributed by atoms with Crippen molar-refractivity contribution in [3.8, 4) is 0 Å². The zero-order valence-electron chi connectivity index (χ0n) is 16.5. The number of hydrogen-bond donors (Lipinski definition) is 3. The number of rotatable bonds is 1. The van der Waals surface area contributed by atoms with Crippen LogP contribution in [0.1, 0.15) is 39.5 Å². The molecule has 9 bridgehead atoms. The van der Waals surface area contributed by atoms with Crippen LogP contribution in [0.4, 0.5) is 0 Å². The summed E-state index contributed by atoms with van der Waals surface area (Å²) >= 11 is 0. The van der Waals surface area contributed by atoms with Gasteiger partial charge in [-0.3, -0.25) is 9.69 Å². The van der Waals surface area contributed by atoms with Gasteiger partial charge in [0.2, 0.25) is 0 Å². The molecular formula is C22H29NO5. The topological polar surface area (TPSA) is 90.2 Å². The van der Waals surface area contributed by atoms with Crippen LogP contribution in [0.2, 0.25) is 0 Å². The highest BCUT2D eigenvalue weighted by Gasteiger charge is 2.94. The summed E-state index contributed by atoms with van der Waals surface area (Å²) in [6, 6.07) is 0.245. The largest absolute Gasteiger partial charge is 0.463 e. The number of ether oxygens (including phenoxy) is 1. The first kappa shape index (κ1) is 16.8. The third-order valence-corrected chi connectivity index (χ3v) is 10.6. The van der Waals surface area contributed by atoms with Gasteiger partial charge in [-0.2, -0.15) is 0 Å². The maximum absolute atomic E-state index is 12.2. The molecule has 6 aliphatic carbocycles. The van der Waals surface area contributed by atoms with Gasteiger partial charge in [0.15, 0.2) is 0 Å². The van der Waals surface area contributed by atoms with Crippen molar-refractivity contribution in [2.45, 2.75) is 75.5 Å². The molecule has 3 heterocycles. The van der Waals surface area contributed by atoms with Crippen LogP contribution in [-0.4, -0.2) is 68.7 Å². The first-order chi connectivity index (χ1) is 13.1. The summed E-state index contributed by atoms with van der Waals surface area (Å²) < 4.78 is 5.75. The second-order valence-corrected chi connectivity index (χ2v) is 11.5. The molecule has 9 aliphatic rings. The third kappa shape index (κ3) is 1.26. The standard InChI is InChI=1S/C22H29NO5/c1-9-4-20-7-12-15-19(3)5-11(28-10(2)24)6-21(15)16(20)14(25)13(9)17(26)22(20,27)18(21)23(12)8-19/h11-18,25-27H,1,4-8H2,2-3H3/t11-,12+,13+,14+,15+,16+,17+,18-,19-,20+,21-,22-/m0/s1. The SMILES string of the molecule is C=C1C[C@@]23C[C@@H]4[C@@H]5[C@@]6(C)C[C@H](OC(C)=O)C[C@@]57[C@@H]2[C@H](O)[C@@H]1[C@@H](O)[C@]3(O)[C@H]7N4C6. The molecule has 9 rings (SSSR count). The van der Waals surface area contributed by atoms with Crippen LogP contribution in [0, 0.1) is 34.0 Å². The van der Waals surface area contributed by atoms with Gasteiger partial charge in [-0.25, -0.2) is 0 Å². The summed E-state index contributed by atoms with van der Waals surface area (Å²) in [6.45, 7) is 8.85. The van der Waals surface area contributed by atoms with Gasteiger partial charge in [-0.1, -0.05) is 19.1 Å². The van der Waals surface area contributed by atoms with E-state index in [9.17, 15) is 20.1 Å². The number of fused-ring (bicyclic) bond motifs is 1. The van der Waals surface area contributed by atoms with Crippen LogP contribution in [0.5, 0.6) is 0 Å². The number of aliphatic hydroxyl groups excluding tert-OH is 2. The molecule has 0 aromatic rings. The summed E-state index contributed by atoms with van der Waals surface area (Å²) in [7, 11) is 0. The second-order valence-electron chi connectivity index (χ2n) is 11.5. The molecule has 13 atom stereocenters. The van der Waals surface area contributed by atoms with Crippen LogP contribution in [0.3, 0.4) is 0 Å². The normalized spacial score (nSPS) is 69.3. The maximum Gasteiger partial charge on any atom is 0.302 e. The minimum atomic E-state index is -1.20. The minimum absolute atomic E-state index is 0.0237. The summed E-state index contributed by atoms with van der Waals surface area (Å²) in [5, 5.41) is 35.1. The molecule has 3 N–H and O–H groups in total. The molecule has 6 nitrogen and oxygen atoms in total.